The molecule has 0 fully saturated rings. The highest BCUT2D eigenvalue weighted by Gasteiger charge is 2.13. The van der Waals surface area contributed by atoms with Crippen molar-refractivity contribution in [3.63, 3.8) is 0 Å². The van der Waals surface area contributed by atoms with Gasteiger partial charge >= 0.3 is 11.8 Å². The van der Waals surface area contributed by atoms with Crippen molar-refractivity contribution >= 4 is 0 Å². The summed E-state index contributed by atoms with van der Waals surface area (Å²) in [5, 5.41) is 13.0. The Hall–Kier alpha value is -3.16. The quantitative estimate of drug-likeness (QED) is 0.805. The van der Waals surface area contributed by atoms with E-state index in [0.29, 0.717) is 5.69 Å². The summed E-state index contributed by atoms with van der Waals surface area (Å²) < 4.78 is 36.6. The van der Waals surface area contributed by atoms with Crippen molar-refractivity contribution in [2.75, 3.05) is 0 Å². The van der Waals surface area contributed by atoms with Gasteiger partial charge in [-0.05, 0) is 36.4 Å². The molecule has 3 aromatic rings. The molecule has 2 aromatic carbocycles. The number of hydrogen-bond acceptors (Lipinski definition) is 5. The number of benzene rings is 2. The van der Waals surface area contributed by atoms with Gasteiger partial charge in [0.05, 0.1) is 5.69 Å². The molecule has 1 heterocycles. The standard InChI is InChI=1S/C14H8F2N2O4/c15-11-6-5-10(7-12(11)16)21-13-17-18(14(20)22-13)8-1-3-9(19)4-2-8/h1-7,19H. The molecule has 8 heteroatoms. The van der Waals surface area contributed by atoms with E-state index in [1.165, 1.54) is 24.3 Å². The Kier molecular flexibility index (Phi) is 3.34. The Bertz CT molecular complexity index is 871. The number of phenolic OH excluding ortho intramolecular Hbond substituents is 1. The molecule has 0 spiro atoms. The van der Waals surface area contributed by atoms with Gasteiger partial charge in [-0.2, -0.15) is 4.68 Å². The van der Waals surface area contributed by atoms with Crippen LogP contribution < -0.4 is 10.5 Å². The van der Waals surface area contributed by atoms with Crippen molar-refractivity contribution in [3.8, 4) is 23.3 Å². The first-order valence-corrected chi connectivity index (χ1v) is 6.05. The van der Waals surface area contributed by atoms with Crippen LogP contribution in [0.5, 0.6) is 17.6 Å². The molecule has 22 heavy (non-hydrogen) atoms. The van der Waals surface area contributed by atoms with E-state index in [2.05, 4.69) is 5.10 Å². The van der Waals surface area contributed by atoms with E-state index in [4.69, 9.17) is 9.15 Å². The fourth-order valence-electron chi connectivity index (χ4n) is 1.70. The Balaban J connectivity index is 1.90. The fraction of sp³-hybridized carbons (Fsp3) is 0. The van der Waals surface area contributed by atoms with E-state index < -0.39 is 23.5 Å². The van der Waals surface area contributed by atoms with Gasteiger partial charge < -0.3 is 14.3 Å². The zero-order chi connectivity index (χ0) is 15.7. The van der Waals surface area contributed by atoms with E-state index in [1.54, 1.807) is 0 Å². The average molecular weight is 306 g/mol. The van der Waals surface area contributed by atoms with Crippen LogP contribution >= 0.6 is 0 Å². The number of aromatic hydroxyl groups is 1. The zero-order valence-electron chi connectivity index (χ0n) is 10.9. The van der Waals surface area contributed by atoms with Crippen molar-refractivity contribution in [1.29, 1.82) is 0 Å². The second-order valence-electron chi connectivity index (χ2n) is 4.24. The Morgan fingerprint density at radius 3 is 2.50 bits per heavy atom. The van der Waals surface area contributed by atoms with Crippen molar-refractivity contribution < 1.29 is 23.0 Å². The third kappa shape index (κ3) is 2.66. The third-order valence-corrected chi connectivity index (χ3v) is 2.72. The first-order chi connectivity index (χ1) is 10.5. The Morgan fingerprint density at radius 1 is 1.09 bits per heavy atom. The molecule has 0 aliphatic carbocycles. The predicted octanol–water partition coefficient (Wildman–Crippen LogP) is 2.60. The van der Waals surface area contributed by atoms with Crippen LogP contribution in [-0.4, -0.2) is 14.9 Å². The molecule has 3 rings (SSSR count). The number of halogens is 2. The van der Waals surface area contributed by atoms with E-state index in [0.717, 1.165) is 22.9 Å². The fourth-order valence-corrected chi connectivity index (χ4v) is 1.70. The summed E-state index contributed by atoms with van der Waals surface area (Å²) in [6.07, 6.45) is -0.427. The molecule has 0 unspecified atom stereocenters. The summed E-state index contributed by atoms with van der Waals surface area (Å²) in [6.45, 7) is 0. The highest BCUT2D eigenvalue weighted by atomic mass is 19.2. The highest BCUT2D eigenvalue weighted by molar-refractivity contribution is 5.35. The van der Waals surface area contributed by atoms with Crippen LogP contribution in [0.15, 0.2) is 51.7 Å². The molecular formula is C14H8F2N2O4. The van der Waals surface area contributed by atoms with Gasteiger partial charge in [0, 0.05) is 6.07 Å². The lowest BCUT2D eigenvalue weighted by atomic mass is 10.3. The molecule has 0 aliphatic heterocycles. The zero-order valence-corrected chi connectivity index (χ0v) is 10.9. The monoisotopic (exact) mass is 306 g/mol. The molecule has 0 saturated heterocycles. The number of rotatable bonds is 3. The average Bonchev–Trinajstić information content (AvgIpc) is 2.84. The minimum absolute atomic E-state index is 0.0264. The summed E-state index contributed by atoms with van der Waals surface area (Å²) in [5.74, 6) is -3.00. The normalized spacial score (nSPS) is 10.6. The lowest BCUT2D eigenvalue weighted by molar-refractivity contribution is 0.318. The van der Waals surface area contributed by atoms with Gasteiger partial charge in [0.1, 0.15) is 11.5 Å². The maximum absolute atomic E-state index is 13.1. The summed E-state index contributed by atoms with van der Waals surface area (Å²) in [4.78, 5) is 11.7. The molecule has 1 aromatic heterocycles. The first kappa shape index (κ1) is 13.8. The number of phenols is 1. The van der Waals surface area contributed by atoms with Crippen LogP contribution in [0, 0.1) is 11.6 Å². The van der Waals surface area contributed by atoms with Crippen molar-refractivity contribution in [2.24, 2.45) is 0 Å². The van der Waals surface area contributed by atoms with E-state index in [1.807, 2.05) is 0 Å². The second kappa shape index (κ2) is 5.32. The van der Waals surface area contributed by atoms with Gasteiger partial charge in [0.25, 0.3) is 0 Å². The second-order valence-corrected chi connectivity index (χ2v) is 4.24. The van der Waals surface area contributed by atoms with Crippen LogP contribution in [0.2, 0.25) is 0 Å². The highest BCUT2D eigenvalue weighted by Crippen LogP contribution is 2.21. The molecule has 0 saturated carbocycles. The maximum Gasteiger partial charge on any atom is 0.444 e. The van der Waals surface area contributed by atoms with Gasteiger partial charge in [0.15, 0.2) is 11.6 Å². The Labute approximate surface area is 121 Å². The summed E-state index contributed by atoms with van der Waals surface area (Å²) >= 11 is 0. The largest absolute Gasteiger partial charge is 0.508 e. The molecule has 0 radical (unpaired) electrons. The van der Waals surface area contributed by atoms with Gasteiger partial charge in [-0.15, -0.1) is 0 Å². The lowest BCUT2D eigenvalue weighted by Crippen LogP contribution is -2.12. The molecule has 112 valence electrons. The van der Waals surface area contributed by atoms with Gasteiger partial charge in [-0.3, -0.25) is 0 Å². The summed E-state index contributed by atoms with van der Waals surface area (Å²) in [6, 6.07) is 8.46. The molecule has 0 atom stereocenters. The molecule has 1 N–H and O–H groups in total. The molecule has 0 amide bonds. The van der Waals surface area contributed by atoms with E-state index >= 15 is 0 Å². The molecule has 0 bridgehead atoms. The van der Waals surface area contributed by atoms with Crippen LogP contribution in [0.1, 0.15) is 0 Å². The number of nitrogens with zero attached hydrogens (tertiary/aromatic N) is 2. The number of ether oxygens (including phenoxy) is 1. The maximum atomic E-state index is 13.1. The molecular weight excluding hydrogens is 298 g/mol. The summed E-state index contributed by atoms with van der Waals surface area (Å²) in [5.41, 5.74) is 0.340. The molecule has 6 nitrogen and oxygen atoms in total. The van der Waals surface area contributed by atoms with Crippen molar-refractivity contribution in [2.45, 2.75) is 0 Å². The van der Waals surface area contributed by atoms with Gasteiger partial charge in [-0.25, -0.2) is 13.6 Å². The SMILES string of the molecule is O=c1oc(Oc2ccc(F)c(F)c2)nn1-c1ccc(O)cc1. The van der Waals surface area contributed by atoms with Crippen molar-refractivity contribution in [3.05, 3.63) is 64.6 Å². The van der Waals surface area contributed by atoms with E-state index in [-0.39, 0.29) is 11.5 Å². The lowest BCUT2D eigenvalue weighted by Gasteiger charge is -2.00. The first-order valence-electron chi connectivity index (χ1n) is 6.05. The van der Waals surface area contributed by atoms with Gasteiger partial charge in [-0.1, -0.05) is 5.10 Å². The van der Waals surface area contributed by atoms with E-state index in [9.17, 15) is 18.7 Å². The summed E-state index contributed by atoms with van der Waals surface area (Å²) in [7, 11) is 0. The predicted molar refractivity (Wildman–Crippen MR) is 70.2 cm³/mol. The smallest absolute Gasteiger partial charge is 0.444 e. The minimum atomic E-state index is -1.10. The minimum Gasteiger partial charge on any atom is -0.508 e. The van der Waals surface area contributed by atoms with Crippen LogP contribution in [0.4, 0.5) is 8.78 Å². The number of aromatic nitrogens is 2. The number of hydrogen-bond donors (Lipinski definition) is 1. The Morgan fingerprint density at radius 2 is 1.82 bits per heavy atom. The van der Waals surface area contributed by atoms with Crippen LogP contribution in [0.25, 0.3) is 5.69 Å². The topological polar surface area (TPSA) is 77.5 Å². The van der Waals surface area contributed by atoms with Crippen LogP contribution in [-0.2, 0) is 0 Å². The van der Waals surface area contributed by atoms with Crippen LogP contribution in [0.3, 0.4) is 0 Å². The van der Waals surface area contributed by atoms with Crippen molar-refractivity contribution in [1.82, 2.24) is 9.78 Å². The third-order valence-electron chi connectivity index (χ3n) is 2.72. The van der Waals surface area contributed by atoms with Gasteiger partial charge in [0.2, 0.25) is 0 Å². The molecule has 0 aliphatic rings.